The molecule has 1 heterocycles. The number of hydrogen-bond donors (Lipinski definition) is 0. The maximum absolute atomic E-state index is 13.6. The van der Waals surface area contributed by atoms with Gasteiger partial charge in [-0.3, -0.25) is 0 Å². The fourth-order valence-corrected chi connectivity index (χ4v) is 2.36. The molecule has 1 aromatic rings. The normalized spacial score (nSPS) is 24.1. The van der Waals surface area contributed by atoms with Crippen molar-refractivity contribution in [3.63, 3.8) is 0 Å². The standard InChI is InChI=1S/C14H14F2O/c15-11-4-5-12(13(16)7-11)10-3-6-14(17-8-10)9-1-2-9/h4-5,7-9,14H,1-3,6H2. The molecular weight excluding hydrogens is 222 g/mol. The van der Waals surface area contributed by atoms with Crippen molar-refractivity contribution in [2.45, 2.75) is 31.8 Å². The zero-order valence-corrected chi connectivity index (χ0v) is 9.46. The first-order valence-corrected chi connectivity index (χ1v) is 6.04. The summed E-state index contributed by atoms with van der Waals surface area (Å²) < 4.78 is 32.0. The summed E-state index contributed by atoms with van der Waals surface area (Å²) >= 11 is 0. The molecule has 0 bridgehead atoms. The molecule has 1 nitrogen and oxygen atoms in total. The Hall–Kier alpha value is -1.38. The van der Waals surface area contributed by atoms with Crippen LogP contribution in [0.5, 0.6) is 0 Å². The molecule has 1 aliphatic carbocycles. The van der Waals surface area contributed by atoms with Crippen molar-refractivity contribution < 1.29 is 13.5 Å². The van der Waals surface area contributed by atoms with Crippen molar-refractivity contribution >= 4 is 5.57 Å². The first-order chi connectivity index (χ1) is 8.24. The fourth-order valence-electron chi connectivity index (χ4n) is 2.36. The van der Waals surface area contributed by atoms with Gasteiger partial charge in [-0.1, -0.05) is 0 Å². The lowest BCUT2D eigenvalue weighted by molar-refractivity contribution is 0.107. The van der Waals surface area contributed by atoms with Crippen LogP contribution in [0.25, 0.3) is 5.57 Å². The minimum atomic E-state index is -0.542. The molecule has 0 aromatic heterocycles. The van der Waals surface area contributed by atoms with E-state index in [0.29, 0.717) is 17.6 Å². The summed E-state index contributed by atoms with van der Waals surface area (Å²) in [6.45, 7) is 0. The van der Waals surface area contributed by atoms with E-state index in [1.54, 1.807) is 6.26 Å². The third kappa shape index (κ3) is 2.19. The summed E-state index contributed by atoms with van der Waals surface area (Å²) in [6, 6.07) is 3.69. The molecule has 3 rings (SSSR count). The van der Waals surface area contributed by atoms with Gasteiger partial charge in [0.25, 0.3) is 0 Å². The van der Waals surface area contributed by atoms with Crippen LogP contribution in [0.1, 0.15) is 31.2 Å². The number of benzene rings is 1. The quantitative estimate of drug-likeness (QED) is 0.756. The van der Waals surface area contributed by atoms with Gasteiger partial charge in [0.05, 0.1) is 6.26 Å². The van der Waals surface area contributed by atoms with Crippen molar-refractivity contribution in [2.24, 2.45) is 5.92 Å². The SMILES string of the molecule is Fc1ccc(C2=COC(C3CC3)CC2)c(F)c1. The Balaban J connectivity index is 1.80. The van der Waals surface area contributed by atoms with Gasteiger partial charge in [-0.05, 0) is 49.3 Å². The van der Waals surface area contributed by atoms with Crippen molar-refractivity contribution in [3.8, 4) is 0 Å². The molecule has 2 aliphatic rings. The molecule has 0 amide bonds. The monoisotopic (exact) mass is 236 g/mol. The van der Waals surface area contributed by atoms with E-state index in [-0.39, 0.29) is 0 Å². The van der Waals surface area contributed by atoms with Gasteiger partial charge in [-0.2, -0.15) is 0 Å². The molecule has 1 atom stereocenters. The third-order valence-corrected chi connectivity index (χ3v) is 3.51. The van der Waals surface area contributed by atoms with Crippen LogP contribution in [0.15, 0.2) is 24.5 Å². The van der Waals surface area contributed by atoms with E-state index < -0.39 is 11.6 Å². The second kappa shape index (κ2) is 4.13. The molecule has 1 saturated carbocycles. The largest absolute Gasteiger partial charge is 0.497 e. The lowest BCUT2D eigenvalue weighted by Gasteiger charge is -2.23. The average Bonchev–Trinajstić information content (AvgIpc) is 3.13. The molecule has 3 heteroatoms. The second-order valence-electron chi connectivity index (χ2n) is 4.82. The van der Waals surface area contributed by atoms with Crippen LogP contribution in [0, 0.1) is 17.6 Å². The highest BCUT2D eigenvalue weighted by molar-refractivity contribution is 5.65. The Bertz CT molecular complexity index is 463. The average molecular weight is 236 g/mol. The second-order valence-corrected chi connectivity index (χ2v) is 4.82. The predicted octanol–water partition coefficient (Wildman–Crippen LogP) is 3.89. The topological polar surface area (TPSA) is 9.23 Å². The van der Waals surface area contributed by atoms with E-state index in [1.165, 1.54) is 25.0 Å². The van der Waals surface area contributed by atoms with E-state index in [4.69, 9.17) is 4.74 Å². The minimum absolute atomic E-state index is 0.308. The van der Waals surface area contributed by atoms with Crippen LogP contribution in [-0.2, 0) is 4.74 Å². The number of rotatable bonds is 2. The Morgan fingerprint density at radius 1 is 1.12 bits per heavy atom. The first kappa shape index (κ1) is 10.8. The number of allylic oxidation sites excluding steroid dienone is 1. The van der Waals surface area contributed by atoms with Gasteiger partial charge in [0, 0.05) is 11.6 Å². The van der Waals surface area contributed by atoms with Crippen molar-refractivity contribution in [3.05, 3.63) is 41.7 Å². The zero-order valence-electron chi connectivity index (χ0n) is 9.46. The summed E-state index contributed by atoms with van der Waals surface area (Å²) in [6.07, 6.45) is 6.21. The molecule has 1 aromatic carbocycles. The Labute approximate surface area is 99.1 Å². The molecule has 1 aliphatic heterocycles. The van der Waals surface area contributed by atoms with Crippen molar-refractivity contribution in [1.82, 2.24) is 0 Å². The van der Waals surface area contributed by atoms with E-state index in [0.717, 1.165) is 24.5 Å². The van der Waals surface area contributed by atoms with Gasteiger partial charge in [-0.25, -0.2) is 8.78 Å². The minimum Gasteiger partial charge on any atom is -0.497 e. The van der Waals surface area contributed by atoms with Crippen LogP contribution < -0.4 is 0 Å². The Morgan fingerprint density at radius 2 is 1.94 bits per heavy atom. The molecule has 90 valence electrons. The molecule has 0 N–H and O–H groups in total. The van der Waals surface area contributed by atoms with Gasteiger partial charge in [-0.15, -0.1) is 0 Å². The fraction of sp³-hybridized carbons (Fsp3) is 0.429. The molecule has 1 unspecified atom stereocenters. The van der Waals surface area contributed by atoms with Crippen molar-refractivity contribution in [1.29, 1.82) is 0 Å². The van der Waals surface area contributed by atoms with Crippen LogP contribution in [-0.4, -0.2) is 6.10 Å². The summed E-state index contributed by atoms with van der Waals surface area (Å²) in [5, 5.41) is 0. The molecule has 0 radical (unpaired) electrons. The van der Waals surface area contributed by atoms with Crippen LogP contribution in [0.3, 0.4) is 0 Å². The van der Waals surface area contributed by atoms with Crippen LogP contribution in [0.2, 0.25) is 0 Å². The summed E-state index contributed by atoms with van der Waals surface area (Å²) in [4.78, 5) is 0. The smallest absolute Gasteiger partial charge is 0.133 e. The van der Waals surface area contributed by atoms with Gasteiger partial charge >= 0.3 is 0 Å². The lowest BCUT2D eigenvalue weighted by atomic mass is 9.96. The van der Waals surface area contributed by atoms with E-state index in [1.807, 2.05) is 0 Å². The predicted molar refractivity (Wildman–Crippen MR) is 61.2 cm³/mol. The molecule has 17 heavy (non-hydrogen) atoms. The highest BCUT2D eigenvalue weighted by atomic mass is 19.1. The van der Waals surface area contributed by atoms with Gasteiger partial charge < -0.3 is 4.74 Å². The zero-order chi connectivity index (χ0) is 11.8. The summed E-state index contributed by atoms with van der Waals surface area (Å²) in [5.74, 6) is -0.352. The van der Waals surface area contributed by atoms with E-state index in [9.17, 15) is 8.78 Å². The van der Waals surface area contributed by atoms with Gasteiger partial charge in [0.2, 0.25) is 0 Å². The van der Waals surface area contributed by atoms with Crippen LogP contribution in [0.4, 0.5) is 8.78 Å². The third-order valence-electron chi connectivity index (χ3n) is 3.51. The summed E-state index contributed by atoms with van der Waals surface area (Å²) in [5.41, 5.74) is 1.29. The number of ether oxygens (including phenoxy) is 1. The Kier molecular flexibility index (Phi) is 2.61. The highest BCUT2D eigenvalue weighted by Gasteiger charge is 2.33. The van der Waals surface area contributed by atoms with Crippen LogP contribution >= 0.6 is 0 Å². The highest BCUT2D eigenvalue weighted by Crippen LogP contribution is 2.40. The number of halogens is 2. The van der Waals surface area contributed by atoms with E-state index >= 15 is 0 Å². The van der Waals surface area contributed by atoms with Gasteiger partial charge in [0.15, 0.2) is 0 Å². The molecule has 0 spiro atoms. The maximum atomic E-state index is 13.6. The first-order valence-electron chi connectivity index (χ1n) is 6.04. The Morgan fingerprint density at radius 3 is 2.53 bits per heavy atom. The van der Waals surface area contributed by atoms with Crippen molar-refractivity contribution in [2.75, 3.05) is 0 Å². The maximum Gasteiger partial charge on any atom is 0.133 e. The summed E-state index contributed by atoms with van der Waals surface area (Å²) in [7, 11) is 0. The van der Waals surface area contributed by atoms with Gasteiger partial charge in [0.1, 0.15) is 17.7 Å². The molecular formula is C14H14F2O. The molecule has 1 fully saturated rings. The molecule has 0 saturated heterocycles. The van der Waals surface area contributed by atoms with E-state index in [2.05, 4.69) is 0 Å². The number of hydrogen-bond acceptors (Lipinski definition) is 1. The lowest BCUT2D eigenvalue weighted by Crippen LogP contribution is -2.16.